The monoisotopic (exact) mass is 368 g/mol. The largest absolute Gasteiger partial charge is 0.376 e. The minimum atomic E-state index is -0.365. The number of urea groups is 1. The summed E-state index contributed by atoms with van der Waals surface area (Å²) in [6.07, 6.45) is 26.8. The fourth-order valence-electron chi connectivity index (χ4n) is 3.15. The first-order valence-corrected chi connectivity index (χ1v) is 11.1. The molecule has 0 aliphatic heterocycles. The molecule has 0 unspecified atom stereocenters. The fraction of sp³-hybridized carbons (Fsp3) is 0.864. The molecule has 0 atom stereocenters. The van der Waals surface area contributed by atoms with E-state index in [-0.39, 0.29) is 12.8 Å². The topological polar surface area (TPSA) is 61.4 Å². The van der Waals surface area contributed by atoms with Gasteiger partial charge in [0.15, 0.2) is 0 Å². The summed E-state index contributed by atoms with van der Waals surface area (Å²) in [5.41, 5.74) is 0. The van der Waals surface area contributed by atoms with Gasteiger partial charge in [-0.25, -0.2) is 4.79 Å². The molecule has 0 saturated heterocycles. The Balaban J connectivity index is 3.09. The lowest BCUT2D eigenvalue weighted by atomic mass is 10.0. The summed E-state index contributed by atoms with van der Waals surface area (Å²) in [5.74, 6) is 0. The maximum atomic E-state index is 11.0. The summed E-state index contributed by atoms with van der Waals surface area (Å²) in [6.45, 7) is 1.94. The standard InChI is InChI=1S/C22H44N2O2/c1-2-3-4-5-6-7-8-9-10-11-12-13-14-15-16-17-18-19-20-23-22(26)24-21-25/h19-20,25H,2-18,21H2,1H3,(H2,23,24,26)/b20-19+. The van der Waals surface area contributed by atoms with Gasteiger partial charge in [-0.15, -0.1) is 0 Å². The van der Waals surface area contributed by atoms with E-state index in [0.29, 0.717) is 0 Å². The van der Waals surface area contributed by atoms with E-state index < -0.39 is 0 Å². The molecule has 0 aromatic heterocycles. The van der Waals surface area contributed by atoms with E-state index in [1.807, 2.05) is 6.08 Å². The lowest BCUT2D eigenvalue weighted by Crippen LogP contribution is -2.32. The van der Waals surface area contributed by atoms with Gasteiger partial charge in [0, 0.05) is 6.20 Å². The zero-order chi connectivity index (χ0) is 19.1. The highest BCUT2D eigenvalue weighted by Crippen LogP contribution is 2.14. The third kappa shape index (κ3) is 21.0. The second kappa shape index (κ2) is 22.0. The average molecular weight is 369 g/mol. The third-order valence-electron chi connectivity index (χ3n) is 4.80. The van der Waals surface area contributed by atoms with Crippen LogP contribution in [0.15, 0.2) is 12.3 Å². The van der Waals surface area contributed by atoms with Crippen LogP contribution in [-0.4, -0.2) is 17.9 Å². The number of unbranched alkanes of at least 4 members (excludes halogenated alkanes) is 16. The van der Waals surface area contributed by atoms with E-state index in [2.05, 4.69) is 17.6 Å². The van der Waals surface area contributed by atoms with E-state index in [4.69, 9.17) is 5.11 Å². The quantitative estimate of drug-likeness (QED) is 0.182. The van der Waals surface area contributed by atoms with Gasteiger partial charge >= 0.3 is 6.03 Å². The Morgan fingerprint density at radius 2 is 1.15 bits per heavy atom. The van der Waals surface area contributed by atoms with E-state index >= 15 is 0 Å². The third-order valence-corrected chi connectivity index (χ3v) is 4.80. The first kappa shape index (κ1) is 25.0. The van der Waals surface area contributed by atoms with Crippen LogP contribution in [0, 0.1) is 0 Å². The normalized spacial score (nSPS) is 11.2. The van der Waals surface area contributed by atoms with Crippen LogP contribution in [-0.2, 0) is 0 Å². The summed E-state index contributed by atoms with van der Waals surface area (Å²) in [5, 5.41) is 13.3. The highest BCUT2D eigenvalue weighted by molar-refractivity contribution is 5.74. The van der Waals surface area contributed by atoms with Gasteiger partial charge in [-0.2, -0.15) is 0 Å². The number of aliphatic hydroxyl groups excluding tert-OH is 1. The highest BCUT2D eigenvalue weighted by Gasteiger charge is 1.95. The first-order valence-electron chi connectivity index (χ1n) is 11.1. The molecule has 0 saturated carbocycles. The Morgan fingerprint density at radius 3 is 1.58 bits per heavy atom. The number of amides is 2. The molecule has 0 aliphatic rings. The van der Waals surface area contributed by atoms with Gasteiger partial charge in [-0.05, 0) is 12.8 Å². The highest BCUT2D eigenvalue weighted by atomic mass is 16.3. The molecule has 4 heteroatoms. The van der Waals surface area contributed by atoms with Crippen molar-refractivity contribution in [2.45, 2.75) is 116 Å². The van der Waals surface area contributed by atoms with Gasteiger partial charge in [0.25, 0.3) is 0 Å². The molecule has 0 heterocycles. The Morgan fingerprint density at radius 1 is 0.731 bits per heavy atom. The molecule has 2 amide bonds. The predicted molar refractivity (Wildman–Crippen MR) is 112 cm³/mol. The molecule has 0 spiro atoms. The average Bonchev–Trinajstić information content (AvgIpc) is 2.64. The van der Waals surface area contributed by atoms with Crippen molar-refractivity contribution in [2.24, 2.45) is 0 Å². The molecule has 0 rings (SSSR count). The lowest BCUT2D eigenvalue weighted by Gasteiger charge is -2.03. The van der Waals surface area contributed by atoms with Gasteiger partial charge in [0.1, 0.15) is 6.73 Å². The van der Waals surface area contributed by atoms with Crippen molar-refractivity contribution in [1.29, 1.82) is 0 Å². The van der Waals surface area contributed by atoms with Crippen molar-refractivity contribution in [3.05, 3.63) is 12.3 Å². The summed E-state index contributed by atoms with van der Waals surface area (Å²) >= 11 is 0. The zero-order valence-electron chi connectivity index (χ0n) is 17.2. The van der Waals surface area contributed by atoms with Gasteiger partial charge in [-0.3, -0.25) is 0 Å². The SMILES string of the molecule is CCCCCCCCCCCCCCCCCC/C=C/NC(=O)NCO. The molecule has 0 fully saturated rings. The van der Waals surface area contributed by atoms with E-state index in [0.717, 1.165) is 6.42 Å². The molecular weight excluding hydrogens is 324 g/mol. The fourth-order valence-corrected chi connectivity index (χ4v) is 3.15. The summed E-state index contributed by atoms with van der Waals surface area (Å²) in [6, 6.07) is -0.365. The van der Waals surface area contributed by atoms with Crippen LogP contribution in [0.3, 0.4) is 0 Å². The zero-order valence-corrected chi connectivity index (χ0v) is 17.2. The smallest absolute Gasteiger partial charge is 0.320 e. The van der Waals surface area contributed by atoms with Crippen LogP contribution in [0.1, 0.15) is 116 Å². The Bertz CT molecular complexity index is 319. The number of aliphatic hydroxyl groups is 1. The Kier molecular flexibility index (Phi) is 21.1. The van der Waals surface area contributed by atoms with Crippen LogP contribution in [0.5, 0.6) is 0 Å². The molecule has 0 bridgehead atoms. The number of nitrogens with one attached hydrogen (secondary N) is 2. The predicted octanol–water partition coefficient (Wildman–Crippen LogP) is 6.40. The second-order valence-corrected chi connectivity index (χ2v) is 7.30. The summed E-state index contributed by atoms with van der Waals surface area (Å²) in [7, 11) is 0. The number of hydrogen-bond donors (Lipinski definition) is 3. The number of carbonyl (C=O) groups is 1. The van der Waals surface area contributed by atoms with Gasteiger partial charge in [-0.1, -0.05) is 109 Å². The molecule has 4 nitrogen and oxygen atoms in total. The van der Waals surface area contributed by atoms with Gasteiger partial charge in [0.2, 0.25) is 0 Å². The van der Waals surface area contributed by atoms with Crippen molar-refractivity contribution in [2.75, 3.05) is 6.73 Å². The van der Waals surface area contributed by atoms with E-state index in [9.17, 15) is 4.79 Å². The van der Waals surface area contributed by atoms with Crippen molar-refractivity contribution < 1.29 is 9.90 Å². The second-order valence-electron chi connectivity index (χ2n) is 7.30. The van der Waals surface area contributed by atoms with Crippen molar-refractivity contribution in [3.63, 3.8) is 0 Å². The van der Waals surface area contributed by atoms with Crippen molar-refractivity contribution in [1.82, 2.24) is 10.6 Å². The number of rotatable bonds is 19. The van der Waals surface area contributed by atoms with Gasteiger partial charge in [0.05, 0.1) is 0 Å². The molecule has 0 radical (unpaired) electrons. The number of carbonyl (C=O) groups excluding carboxylic acids is 1. The van der Waals surface area contributed by atoms with Crippen LogP contribution < -0.4 is 10.6 Å². The van der Waals surface area contributed by atoms with E-state index in [1.165, 1.54) is 103 Å². The van der Waals surface area contributed by atoms with Crippen LogP contribution in [0.4, 0.5) is 4.79 Å². The molecule has 0 aliphatic carbocycles. The van der Waals surface area contributed by atoms with Crippen molar-refractivity contribution >= 4 is 6.03 Å². The number of hydrogen-bond acceptors (Lipinski definition) is 2. The summed E-state index contributed by atoms with van der Waals surface area (Å²) < 4.78 is 0. The maximum Gasteiger partial charge on any atom is 0.320 e. The van der Waals surface area contributed by atoms with Crippen LogP contribution >= 0.6 is 0 Å². The first-order chi connectivity index (χ1) is 12.8. The van der Waals surface area contributed by atoms with E-state index in [1.54, 1.807) is 6.20 Å². The molecule has 3 N–H and O–H groups in total. The van der Waals surface area contributed by atoms with Gasteiger partial charge < -0.3 is 15.7 Å². The Hall–Kier alpha value is -1.03. The van der Waals surface area contributed by atoms with Crippen LogP contribution in [0.25, 0.3) is 0 Å². The minimum absolute atomic E-state index is 0.335. The summed E-state index contributed by atoms with van der Waals surface area (Å²) in [4.78, 5) is 11.0. The minimum Gasteiger partial charge on any atom is -0.376 e. The molecule has 0 aromatic rings. The number of allylic oxidation sites excluding steroid dienone is 1. The molecule has 154 valence electrons. The molecular formula is C22H44N2O2. The molecule has 0 aromatic carbocycles. The van der Waals surface area contributed by atoms with Crippen LogP contribution in [0.2, 0.25) is 0 Å². The maximum absolute atomic E-state index is 11.0. The van der Waals surface area contributed by atoms with Crippen molar-refractivity contribution in [3.8, 4) is 0 Å². The Labute approximate surface area is 162 Å². The lowest BCUT2D eigenvalue weighted by molar-refractivity contribution is 0.220. The molecule has 26 heavy (non-hydrogen) atoms.